The summed E-state index contributed by atoms with van der Waals surface area (Å²) >= 11 is 6.19. The molecule has 3 rings (SSSR count). The minimum atomic E-state index is 0.300. The molecule has 0 amide bonds. The number of benzene rings is 1. The number of halogens is 1. The molecule has 1 fully saturated rings. The summed E-state index contributed by atoms with van der Waals surface area (Å²) in [6.45, 7) is 4.16. The minimum Gasteiger partial charge on any atom is -0.493 e. The Morgan fingerprint density at radius 3 is 3.16 bits per heavy atom. The van der Waals surface area contributed by atoms with Crippen LogP contribution in [0.2, 0.25) is 5.02 Å². The molecule has 2 aliphatic rings. The Hall–Kier alpha value is -0.770. The number of aliphatic hydroxyl groups excluding tert-OH is 1. The highest BCUT2D eigenvalue weighted by Crippen LogP contribution is 2.34. The van der Waals surface area contributed by atoms with Crippen molar-refractivity contribution < 1.29 is 9.84 Å². The maximum absolute atomic E-state index is 9.01. The van der Waals surface area contributed by atoms with Crippen LogP contribution in [0.3, 0.4) is 0 Å². The van der Waals surface area contributed by atoms with E-state index < -0.39 is 0 Å². The third-order valence-electron chi connectivity index (χ3n) is 4.13. The number of nitrogens with zero attached hydrogens (tertiary/aromatic N) is 1. The second-order valence-corrected chi connectivity index (χ2v) is 5.99. The standard InChI is InChI=1S/C15H20ClNO2/c16-14-7-12-3-6-19-15(12)13(8-14)10-17-4-1-11(9-17)2-5-18/h7-8,11,18H,1-6,9-10H2. The summed E-state index contributed by atoms with van der Waals surface area (Å²) in [6, 6.07) is 4.05. The zero-order valence-electron chi connectivity index (χ0n) is 11.1. The quantitative estimate of drug-likeness (QED) is 0.920. The lowest BCUT2D eigenvalue weighted by molar-refractivity contribution is 0.248. The van der Waals surface area contributed by atoms with Crippen LogP contribution in [-0.4, -0.2) is 36.3 Å². The van der Waals surface area contributed by atoms with Crippen molar-refractivity contribution in [1.29, 1.82) is 0 Å². The summed E-state index contributed by atoms with van der Waals surface area (Å²) in [4.78, 5) is 2.44. The van der Waals surface area contributed by atoms with Crippen molar-refractivity contribution in [2.75, 3.05) is 26.3 Å². The molecule has 2 heterocycles. The molecular weight excluding hydrogens is 262 g/mol. The van der Waals surface area contributed by atoms with Gasteiger partial charge in [0.2, 0.25) is 0 Å². The van der Waals surface area contributed by atoms with Crippen LogP contribution in [0.5, 0.6) is 5.75 Å². The Kier molecular flexibility index (Phi) is 3.96. The molecule has 0 bridgehead atoms. The summed E-state index contributed by atoms with van der Waals surface area (Å²) in [5, 5.41) is 9.82. The highest BCUT2D eigenvalue weighted by Gasteiger charge is 2.24. The fourth-order valence-corrected chi connectivity index (χ4v) is 3.44. The normalized spacial score (nSPS) is 22.5. The highest BCUT2D eigenvalue weighted by molar-refractivity contribution is 6.30. The van der Waals surface area contributed by atoms with Gasteiger partial charge in [-0.25, -0.2) is 0 Å². The zero-order chi connectivity index (χ0) is 13.2. The molecular formula is C15H20ClNO2. The van der Waals surface area contributed by atoms with E-state index in [0.29, 0.717) is 12.5 Å². The molecule has 0 radical (unpaired) electrons. The van der Waals surface area contributed by atoms with Crippen LogP contribution in [0.15, 0.2) is 12.1 Å². The average molecular weight is 282 g/mol. The van der Waals surface area contributed by atoms with E-state index in [2.05, 4.69) is 4.90 Å². The Morgan fingerprint density at radius 1 is 1.42 bits per heavy atom. The summed E-state index contributed by atoms with van der Waals surface area (Å²) in [5.74, 6) is 1.69. The van der Waals surface area contributed by atoms with Gasteiger partial charge in [0, 0.05) is 36.7 Å². The second kappa shape index (κ2) is 5.70. The van der Waals surface area contributed by atoms with Gasteiger partial charge in [-0.3, -0.25) is 4.90 Å². The van der Waals surface area contributed by atoms with E-state index in [4.69, 9.17) is 21.4 Å². The van der Waals surface area contributed by atoms with Gasteiger partial charge in [-0.15, -0.1) is 0 Å². The summed E-state index contributed by atoms with van der Waals surface area (Å²) in [5.41, 5.74) is 2.46. The van der Waals surface area contributed by atoms with Gasteiger partial charge in [0.1, 0.15) is 5.75 Å². The molecule has 0 aliphatic carbocycles. The van der Waals surface area contributed by atoms with Crippen molar-refractivity contribution in [3.63, 3.8) is 0 Å². The second-order valence-electron chi connectivity index (χ2n) is 5.55. The molecule has 1 aromatic rings. The summed E-state index contributed by atoms with van der Waals surface area (Å²) in [6.07, 6.45) is 3.07. The van der Waals surface area contributed by atoms with Crippen LogP contribution in [0.1, 0.15) is 24.0 Å². The first-order valence-corrected chi connectivity index (χ1v) is 7.41. The van der Waals surface area contributed by atoms with Gasteiger partial charge < -0.3 is 9.84 Å². The first-order chi connectivity index (χ1) is 9.26. The summed E-state index contributed by atoms with van der Waals surface area (Å²) < 4.78 is 5.74. The van der Waals surface area contributed by atoms with Gasteiger partial charge in [-0.1, -0.05) is 11.6 Å². The zero-order valence-corrected chi connectivity index (χ0v) is 11.8. The Labute approximate surface area is 119 Å². The number of rotatable bonds is 4. The van der Waals surface area contributed by atoms with Gasteiger partial charge in [0.25, 0.3) is 0 Å². The molecule has 1 unspecified atom stereocenters. The molecule has 0 saturated carbocycles. The molecule has 104 valence electrons. The van der Waals surface area contributed by atoms with Crippen molar-refractivity contribution in [3.05, 3.63) is 28.3 Å². The molecule has 1 N–H and O–H groups in total. The van der Waals surface area contributed by atoms with Crippen molar-refractivity contribution in [1.82, 2.24) is 4.90 Å². The SMILES string of the molecule is OCCC1CCN(Cc2cc(Cl)cc3c2OCC3)C1. The third kappa shape index (κ3) is 2.88. The van der Waals surface area contributed by atoms with E-state index in [-0.39, 0.29) is 0 Å². The van der Waals surface area contributed by atoms with Gasteiger partial charge in [-0.05, 0) is 43.0 Å². The molecule has 2 aliphatic heterocycles. The van der Waals surface area contributed by atoms with E-state index in [1.807, 2.05) is 12.1 Å². The van der Waals surface area contributed by atoms with E-state index in [0.717, 1.165) is 49.9 Å². The fraction of sp³-hybridized carbons (Fsp3) is 0.600. The van der Waals surface area contributed by atoms with Crippen molar-refractivity contribution in [2.45, 2.75) is 25.8 Å². The molecule has 1 atom stereocenters. The van der Waals surface area contributed by atoms with Crippen LogP contribution < -0.4 is 4.74 Å². The maximum Gasteiger partial charge on any atom is 0.127 e. The Morgan fingerprint density at radius 2 is 2.32 bits per heavy atom. The molecule has 0 spiro atoms. The maximum atomic E-state index is 9.01. The minimum absolute atomic E-state index is 0.300. The predicted octanol–water partition coefficient (Wildman–Crippen LogP) is 2.48. The van der Waals surface area contributed by atoms with Gasteiger partial charge >= 0.3 is 0 Å². The van der Waals surface area contributed by atoms with Gasteiger partial charge in [0.05, 0.1) is 6.61 Å². The van der Waals surface area contributed by atoms with E-state index in [9.17, 15) is 0 Å². The van der Waals surface area contributed by atoms with E-state index in [1.54, 1.807) is 0 Å². The summed E-state index contributed by atoms with van der Waals surface area (Å²) in [7, 11) is 0. The molecule has 1 saturated heterocycles. The van der Waals surface area contributed by atoms with Crippen molar-refractivity contribution >= 4 is 11.6 Å². The number of aliphatic hydroxyl groups is 1. The van der Waals surface area contributed by atoms with Crippen LogP contribution >= 0.6 is 11.6 Å². The van der Waals surface area contributed by atoms with Crippen LogP contribution in [0.4, 0.5) is 0 Å². The molecule has 3 nitrogen and oxygen atoms in total. The van der Waals surface area contributed by atoms with E-state index >= 15 is 0 Å². The third-order valence-corrected chi connectivity index (χ3v) is 4.34. The van der Waals surface area contributed by atoms with Gasteiger partial charge in [0.15, 0.2) is 0 Å². The van der Waals surface area contributed by atoms with Crippen LogP contribution in [0, 0.1) is 5.92 Å². The molecule has 0 aromatic heterocycles. The predicted molar refractivity (Wildman–Crippen MR) is 75.7 cm³/mol. The number of hydrogen-bond donors (Lipinski definition) is 1. The number of ether oxygens (including phenoxy) is 1. The van der Waals surface area contributed by atoms with Crippen molar-refractivity contribution in [2.24, 2.45) is 5.92 Å². The Balaban J connectivity index is 1.71. The van der Waals surface area contributed by atoms with Gasteiger partial charge in [-0.2, -0.15) is 0 Å². The number of fused-ring (bicyclic) bond motifs is 1. The molecule has 1 aromatic carbocycles. The highest BCUT2D eigenvalue weighted by atomic mass is 35.5. The van der Waals surface area contributed by atoms with E-state index in [1.165, 1.54) is 17.5 Å². The lowest BCUT2D eigenvalue weighted by atomic mass is 10.1. The molecule has 4 heteroatoms. The van der Waals surface area contributed by atoms with Crippen LogP contribution in [-0.2, 0) is 13.0 Å². The fourth-order valence-electron chi connectivity index (χ4n) is 3.18. The first-order valence-electron chi connectivity index (χ1n) is 7.03. The number of likely N-dealkylation sites (tertiary alicyclic amines) is 1. The van der Waals surface area contributed by atoms with Crippen molar-refractivity contribution in [3.8, 4) is 5.75 Å². The first kappa shape index (κ1) is 13.2. The lowest BCUT2D eigenvalue weighted by Gasteiger charge is -2.18. The topological polar surface area (TPSA) is 32.7 Å². The number of hydrogen-bond acceptors (Lipinski definition) is 3. The average Bonchev–Trinajstić information content (AvgIpc) is 2.98. The lowest BCUT2D eigenvalue weighted by Crippen LogP contribution is -2.20. The molecule has 19 heavy (non-hydrogen) atoms. The monoisotopic (exact) mass is 281 g/mol. The smallest absolute Gasteiger partial charge is 0.127 e. The largest absolute Gasteiger partial charge is 0.493 e. The van der Waals surface area contributed by atoms with Crippen LogP contribution in [0.25, 0.3) is 0 Å². The Bertz CT molecular complexity index is 464.